The molecule has 0 aliphatic carbocycles. The number of hydrogen-bond acceptors (Lipinski definition) is 2. The minimum atomic E-state index is -0.736. The number of carbonyl (C=O) groups excluding carboxylic acids is 1. The Kier molecular flexibility index (Phi) is 2.95. The van der Waals surface area contributed by atoms with E-state index in [4.69, 9.17) is 0 Å². The summed E-state index contributed by atoms with van der Waals surface area (Å²) < 4.78 is 26.4. The first-order chi connectivity index (χ1) is 8.09. The number of aryl methyl sites for hydroxylation is 1. The second-order valence-corrected chi connectivity index (χ2v) is 3.64. The maximum absolute atomic E-state index is 13.4. The van der Waals surface area contributed by atoms with Gasteiger partial charge in [0.05, 0.1) is 5.56 Å². The van der Waals surface area contributed by atoms with Crippen molar-refractivity contribution in [3.63, 3.8) is 0 Å². The Morgan fingerprint density at radius 3 is 2.71 bits per heavy atom. The number of nitrogens with zero attached hydrogens (tertiary/aromatic N) is 1. The normalized spacial score (nSPS) is 10.3. The second-order valence-electron chi connectivity index (χ2n) is 3.64. The lowest BCUT2D eigenvalue weighted by Gasteiger charge is -2.05. The maximum Gasteiger partial charge on any atom is 0.197 e. The molecule has 0 saturated heterocycles. The average Bonchev–Trinajstić information content (AvgIpc) is 2.32. The molecular weight excluding hydrogens is 224 g/mol. The van der Waals surface area contributed by atoms with Gasteiger partial charge >= 0.3 is 0 Å². The molecular formula is C13H11F2NO. The van der Waals surface area contributed by atoms with Crippen molar-refractivity contribution in [3.05, 3.63) is 65.0 Å². The third kappa shape index (κ3) is 2.20. The van der Waals surface area contributed by atoms with Crippen LogP contribution in [0.25, 0.3) is 0 Å². The molecule has 1 heterocycles. The number of halogens is 2. The van der Waals surface area contributed by atoms with Gasteiger partial charge in [-0.2, -0.15) is 0 Å². The molecule has 17 heavy (non-hydrogen) atoms. The van der Waals surface area contributed by atoms with E-state index in [1.807, 2.05) is 0 Å². The molecule has 2 nitrogen and oxygen atoms in total. The molecule has 0 bridgehead atoms. The summed E-state index contributed by atoms with van der Waals surface area (Å²) in [5, 5.41) is 0. The highest BCUT2D eigenvalue weighted by Crippen LogP contribution is 2.16. The largest absolute Gasteiger partial charge is 0.288 e. The Bertz CT molecular complexity index is 587. The summed E-state index contributed by atoms with van der Waals surface area (Å²) in [6, 6.07) is 4.45. The molecule has 1 aromatic carbocycles. The lowest BCUT2D eigenvalue weighted by molar-refractivity contribution is 0.103. The van der Waals surface area contributed by atoms with Crippen LogP contribution in [0.5, 0.6) is 0 Å². The van der Waals surface area contributed by atoms with Crippen molar-refractivity contribution in [2.24, 2.45) is 0 Å². The van der Waals surface area contributed by atoms with Gasteiger partial charge in [0.25, 0.3) is 0 Å². The highest BCUT2D eigenvalue weighted by atomic mass is 19.1. The molecule has 0 N–H and O–H groups in total. The van der Waals surface area contributed by atoms with Gasteiger partial charge in [-0.05, 0) is 36.8 Å². The quantitative estimate of drug-likeness (QED) is 0.748. The number of aromatic nitrogens is 1. The Hall–Kier alpha value is -2.10. The van der Waals surface area contributed by atoms with E-state index in [9.17, 15) is 13.6 Å². The molecule has 0 spiro atoms. The zero-order valence-electron chi connectivity index (χ0n) is 9.08. The molecule has 4 heteroatoms. The predicted molar refractivity (Wildman–Crippen MR) is 60.9 cm³/mol. The Morgan fingerprint density at radius 2 is 2.00 bits per heavy atom. The highest BCUT2D eigenvalue weighted by Gasteiger charge is 2.16. The molecule has 0 fully saturated rings. The molecule has 0 radical (unpaired) electrons. The van der Waals surface area contributed by atoms with E-state index < -0.39 is 17.4 Å². The van der Waals surface area contributed by atoms with Gasteiger partial charge in [-0.3, -0.25) is 9.78 Å². The number of pyridine rings is 1. The number of rotatable bonds is 2. The van der Waals surface area contributed by atoms with Gasteiger partial charge in [-0.25, -0.2) is 8.78 Å². The first-order valence-electron chi connectivity index (χ1n) is 5.00. The van der Waals surface area contributed by atoms with Crippen LogP contribution >= 0.6 is 0 Å². The molecule has 2 rings (SSSR count). The minimum Gasteiger partial charge on any atom is -0.288 e. The van der Waals surface area contributed by atoms with Crippen LogP contribution in [0.3, 0.4) is 0 Å². The molecule has 0 amide bonds. The van der Waals surface area contributed by atoms with Gasteiger partial charge in [-0.1, -0.05) is 0 Å². The van der Waals surface area contributed by atoms with Crippen molar-refractivity contribution >= 4 is 5.78 Å². The molecule has 0 atom stereocenters. The first-order valence-corrected chi connectivity index (χ1v) is 5.00. The second kappa shape index (κ2) is 4.41. The number of carbonyl (C=O) groups is 1. The van der Waals surface area contributed by atoms with E-state index in [-0.39, 0.29) is 12.6 Å². The zero-order chi connectivity index (χ0) is 12.4. The van der Waals surface area contributed by atoms with Gasteiger partial charge in [-0.15, -0.1) is 0 Å². The van der Waals surface area contributed by atoms with Gasteiger partial charge in [0, 0.05) is 19.4 Å². The average molecular weight is 235 g/mol. The summed E-state index contributed by atoms with van der Waals surface area (Å²) in [5.41, 5.74) is 0.673. The predicted octanol–water partition coefficient (Wildman–Crippen LogP) is 3.15. The fourth-order valence-electron chi connectivity index (χ4n) is 1.52. The first kappa shape index (κ1) is 11.4. The topological polar surface area (TPSA) is 30.0 Å². The fourth-order valence-corrected chi connectivity index (χ4v) is 1.52. The van der Waals surface area contributed by atoms with Gasteiger partial charge < -0.3 is 0 Å². The number of benzene rings is 1. The third-order valence-corrected chi connectivity index (χ3v) is 2.46. The standard InChI is InChI=1S/C13H9F2NO.H2/c1-8-4-5-16-7-11(8)13(17)10-6-9(14)2-3-12(10)15;/h2-7H,1H3;1H. The van der Waals surface area contributed by atoms with Crippen molar-refractivity contribution in [1.82, 2.24) is 4.98 Å². The van der Waals surface area contributed by atoms with Crippen LogP contribution in [0.2, 0.25) is 0 Å². The maximum atomic E-state index is 13.4. The summed E-state index contributed by atoms with van der Waals surface area (Å²) in [4.78, 5) is 15.8. The van der Waals surface area contributed by atoms with E-state index in [1.165, 1.54) is 12.4 Å². The number of hydrogen-bond donors (Lipinski definition) is 0. The van der Waals surface area contributed by atoms with Crippen molar-refractivity contribution < 1.29 is 15.0 Å². The molecule has 0 aliphatic rings. The van der Waals surface area contributed by atoms with Crippen molar-refractivity contribution in [2.45, 2.75) is 6.92 Å². The van der Waals surface area contributed by atoms with Crippen LogP contribution in [-0.4, -0.2) is 10.8 Å². The van der Waals surface area contributed by atoms with E-state index in [1.54, 1.807) is 13.0 Å². The Morgan fingerprint density at radius 1 is 1.24 bits per heavy atom. The fraction of sp³-hybridized carbons (Fsp3) is 0.0769. The minimum absolute atomic E-state index is 0. The molecule has 0 unspecified atom stereocenters. The van der Waals surface area contributed by atoms with E-state index in [0.717, 1.165) is 18.2 Å². The van der Waals surface area contributed by atoms with Crippen molar-refractivity contribution in [3.8, 4) is 0 Å². The Labute approximate surface area is 98.4 Å². The third-order valence-electron chi connectivity index (χ3n) is 2.46. The summed E-state index contributed by atoms with van der Waals surface area (Å²) in [7, 11) is 0. The van der Waals surface area contributed by atoms with Crippen LogP contribution < -0.4 is 0 Å². The molecule has 0 aliphatic heterocycles. The van der Waals surface area contributed by atoms with Crippen molar-refractivity contribution in [2.75, 3.05) is 0 Å². The van der Waals surface area contributed by atoms with E-state index >= 15 is 0 Å². The summed E-state index contributed by atoms with van der Waals surface area (Å²) in [5.74, 6) is -1.94. The molecule has 88 valence electrons. The zero-order valence-corrected chi connectivity index (χ0v) is 9.08. The summed E-state index contributed by atoms with van der Waals surface area (Å²) in [6.45, 7) is 1.71. The van der Waals surface area contributed by atoms with Crippen molar-refractivity contribution in [1.29, 1.82) is 0 Å². The van der Waals surface area contributed by atoms with Crippen LogP contribution in [0, 0.1) is 18.6 Å². The van der Waals surface area contributed by atoms with Crippen LogP contribution in [-0.2, 0) is 0 Å². The van der Waals surface area contributed by atoms with Gasteiger partial charge in [0.2, 0.25) is 0 Å². The highest BCUT2D eigenvalue weighted by molar-refractivity contribution is 6.09. The summed E-state index contributed by atoms with van der Waals surface area (Å²) >= 11 is 0. The molecule has 1 aromatic heterocycles. The number of ketones is 1. The lowest BCUT2D eigenvalue weighted by atomic mass is 10.0. The van der Waals surface area contributed by atoms with E-state index in [2.05, 4.69) is 4.98 Å². The van der Waals surface area contributed by atoms with Gasteiger partial charge in [0.15, 0.2) is 5.78 Å². The lowest BCUT2D eigenvalue weighted by Crippen LogP contribution is -2.07. The van der Waals surface area contributed by atoms with Crippen LogP contribution in [0.15, 0.2) is 36.7 Å². The van der Waals surface area contributed by atoms with E-state index in [0.29, 0.717) is 5.56 Å². The monoisotopic (exact) mass is 235 g/mol. The molecule has 0 saturated carbocycles. The van der Waals surface area contributed by atoms with Crippen LogP contribution in [0.4, 0.5) is 8.78 Å². The smallest absolute Gasteiger partial charge is 0.197 e. The Balaban J connectivity index is 0.00000162. The van der Waals surface area contributed by atoms with Gasteiger partial charge in [0.1, 0.15) is 11.6 Å². The molecule has 2 aromatic rings. The SMILES string of the molecule is Cc1ccncc1C(=O)c1cc(F)ccc1F.[HH]. The van der Waals surface area contributed by atoms with Crippen LogP contribution in [0.1, 0.15) is 22.9 Å². The summed E-state index contributed by atoms with van der Waals surface area (Å²) in [6.07, 6.45) is 2.88.